The van der Waals surface area contributed by atoms with Crippen molar-refractivity contribution in [1.29, 1.82) is 0 Å². The summed E-state index contributed by atoms with van der Waals surface area (Å²) in [6.45, 7) is 0. The highest BCUT2D eigenvalue weighted by molar-refractivity contribution is 8.00. The van der Waals surface area contributed by atoms with E-state index < -0.39 is 0 Å². The van der Waals surface area contributed by atoms with Gasteiger partial charge in [-0.3, -0.25) is 14.9 Å². The summed E-state index contributed by atoms with van der Waals surface area (Å²) in [5.41, 5.74) is 2.19. The first-order chi connectivity index (χ1) is 13.2. The molecule has 0 atom stereocenters. The van der Waals surface area contributed by atoms with Crippen LogP contribution < -0.4 is 10.7 Å². The Morgan fingerprint density at radius 3 is 2.70 bits per heavy atom. The molecule has 0 unspecified atom stereocenters. The molecular formula is C19H14N4O2S2. The lowest BCUT2D eigenvalue weighted by atomic mass is 10.2. The molecule has 0 spiro atoms. The van der Waals surface area contributed by atoms with Crippen LogP contribution in [0, 0.1) is 0 Å². The fraction of sp³-hybridized carbons (Fsp3) is 0.0526. The molecule has 134 valence electrons. The molecule has 2 aromatic carbocycles. The maximum Gasteiger partial charge on any atom is 0.257 e. The molecule has 27 heavy (non-hydrogen) atoms. The smallest absolute Gasteiger partial charge is 0.257 e. The number of amides is 1. The molecule has 0 saturated heterocycles. The Morgan fingerprint density at radius 2 is 1.85 bits per heavy atom. The van der Waals surface area contributed by atoms with Crippen LogP contribution >= 0.6 is 23.1 Å². The minimum atomic E-state index is -0.220. The van der Waals surface area contributed by atoms with Crippen LogP contribution in [0.5, 0.6) is 0 Å². The van der Waals surface area contributed by atoms with Gasteiger partial charge in [-0.15, -0.1) is 10.2 Å². The zero-order valence-corrected chi connectivity index (χ0v) is 15.6. The van der Waals surface area contributed by atoms with E-state index in [-0.39, 0.29) is 11.3 Å². The molecule has 0 aliphatic carbocycles. The quantitative estimate of drug-likeness (QED) is 0.396. The number of aromatic amines is 1. The first-order valence-electron chi connectivity index (χ1n) is 8.13. The topological polar surface area (TPSA) is 87.7 Å². The number of hydrogen-bond donors (Lipinski definition) is 2. The number of para-hydroxylation sites is 1. The van der Waals surface area contributed by atoms with Gasteiger partial charge < -0.3 is 4.98 Å². The Bertz CT molecular complexity index is 1160. The van der Waals surface area contributed by atoms with Gasteiger partial charge in [-0.1, -0.05) is 53.4 Å². The van der Waals surface area contributed by atoms with Crippen LogP contribution in [0.25, 0.3) is 10.9 Å². The van der Waals surface area contributed by atoms with Gasteiger partial charge in [0.2, 0.25) is 5.13 Å². The lowest BCUT2D eigenvalue weighted by Gasteiger charge is -2.02. The predicted molar refractivity (Wildman–Crippen MR) is 108 cm³/mol. The Hall–Kier alpha value is -2.97. The van der Waals surface area contributed by atoms with E-state index in [0.717, 1.165) is 11.2 Å². The molecule has 0 fully saturated rings. The van der Waals surface area contributed by atoms with Crippen molar-refractivity contribution in [3.05, 3.63) is 82.1 Å². The van der Waals surface area contributed by atoms with Crippen LogP contribution in [0.15, 0.2) is 69.8 Å². The van der Waals surface area contributed by atoms with E-state index in [1.165, 1.54) is 23.1 Å². The third kappa shape index (κ3) is 4.07. The van der Waals surface area contributed by atoms with Crippen molar-refractivity contribution >= 4 is 45.0 Å². The normalized spacial score (nSPS) is 10.8. The van der Waals surface area contributed by atoms with Gasteiger partial charge in [-0.25, -0.2) is 0 Å². The third-order valence-electron chi connectivity index (χ3n) is 3.81. The average Bonchev–Trinajstić information content (AvgIpc) is 3.14. The van der Waals surface area contributed by atoms with Crippen LogP contribution in [0.4, 0.5) is 5.13 Å². The van der Waals surface area contributed by atoms with Crippen LogP contribution in [-0.2, 0) is 5.75 Å². The van der Waals surface area contributed by atoms with Gasteiger partial charge in [0.25, 0.3) is 5.91 Å². The zero-order valence-electron chi connectivity index (χ0n) is 14.0. The van der Waals surface area contributed by atoms with E-state index in [2.05, 4.69) is 20.5 Å². The number of fused-ring (bicyclic) bond motifs is 1. The molecule has 2 N–H and O–H groups in total. The first-order valence-corrected chi connectivity index (χ1v) is 9.93. The van der Waals surface area contributed by atoms with Crippen molar-refractivity contribution in [2.24, 2.45) is 0 Å². The standard InChI is InChI=1S/C19H14N4O2S2/c24-16-10-13(20-15-9-5-4-8-14(15)16)11-26-19-23-22-18(27-19)21-17(25)12-6-2-1-3-7-12/h1-10H,11H2,(H,20,24)(H,21,22,25). The largest absolute Gasteiger partial charge is 0.357 e. The lowest BCUT2D eigenvalue weighted by molar-refractivity contribution is 0.102. The maximum absolute atomic E-state index is 12.2. The van der Waals surface area contributed by atoms with Gasteiger partial charge in [0.15, 0.2) is 9.77 Å². The minimum Gasteiger partial charge on any atom is -0.357 e. The lowest BCUT2D eigenvalue weighted by Crippen LogP contribution is -2.11. The molecule has 2 aromatic heterocycles. The number of benzene rings is 2. The van der Waals surface area contributed by atoms with Crippen molar-refractivity contribution in [2.45, 2.75) is 10.1 Å². The second-order valence-electron chi connectivity index (χ2n) is 5.69. The fourth-order valence-electron chi connectivity index (χ4n) is 2.55. The van der Waals surface area contributed by atoms with E-state index >= 15 is 0 Å². The Morgan fingerprint density at radius 1 is 1.07 bits per heavy atom. The molecule has 0 saturated carbocycles. The number of anilines is 1. The molecule has 1 amide bonds. The second kappa shape index (κ2) is 7.73. The summed E-state index contributed by atoms with van der Waals surface area (Å²) in [7, 11) is 0. The molecule has 0 radical (unpaired) electrons. The monoisotopic (exact) mass is 394 g/mol. The van der Waals surface area contributed by atoms with Gasteiger partial charge >= 0.3 is 0 Å². The van der Waals surface area contributed by atoms with E-state index in [1.807, 2.05) is 24.3 Å². The third-order valence-corrected chi connectivity index (χ3v) is 5.83. The minimum absolute atomic E-state index is 0.00646. The summed E-state index contributed by atoms with van der Waals surface area (Å²) in [5.74, 6) is 0.337. The molecule has 2 heterocycles. The van der Waals surface area contributed by atoms with Crippen molar-refractivity contribution in [2.75, 3.05) is 5.32 Å². The van der Waals surface area contributed by atoms with Crippen molar-refractivity contribution < 1.29 is 4.79 Å². The van der Waals surface area contributed by atoms with E-state index in [4.69, 9.17) is 0 Å². The molecular weight excluding hydrogens is 380 g/mol. The van der Waals surface area contributed by atoms with Crippen molar-refractivity contribution in [1.82, 2.24) is 15.2 Å². The first kappa shape index (κ1) is 17.4. The predicted octanol–water partition coefficient (Wildman–Crippen LogP) is 3.92. The van der Waals surface area contributed by atoms with E-state index in [0.29, 0.717) is 26.2 Å². The summed E-state index contributed by atoms with van der Waals surface area (Å²) < 4.78 is 0.715. The molecule has 0 bridgehead atoms. The van der Waals surface area contributed by atoms with Gasteiger partial charge in [-0.05, 0) is 24.3 Å². The fourth-order valence-corrected chi connectivity index (χ4v) is 4.20. The summed E-state index contributed by atoms with van der Waals surface area (Å²) >= 11 is 2.76. The summed E-state index contributed by atoms with van der Waals surface area (Å²) in [4.78, 5) is 27.6. The summed E-state index contributed by atoms with van der Waals surface area (Å²) in [5, 5.41) is 12.0. The number of H-pyrrole nitrogens is 1. The number of thioether (sulfide) groups is 1. The number of carbonyl (C=O) groups is 1. The number of nitrogens with zero attached hydrogens (tertiary/aromatic N) is 2. The second-order valence-corrected chi connectivity index (χ2v) is 7.89. The van der Waals surface area contributed by atoms with Gasteiger partial charge in [-0.2, -0.15) is 0 Å². The van der Waals surface area contributed by atoms with Crippen LogP contribution in [0.2, 0.25) is 0 Å². The Labute approximate surface area is 162 Å². The number of nitrogens with one attached hydrogen (secondary N) is 2. The highest BCUT2D eigenvalue weighted by Gasteiger charge is 2.11. The Kier molecular flexibility index (Phi) is 4.99. The van der Waals surface area contributed by atoms with Crippen molar-refractivity contribution in [3.8, 4) is 0 Å². The van der Waals surface area contributed by atoms with Gasteiger partial charge in [0, 0.05) is 34.0 Å². The van der Waals surface area contributed by atoms with Gasteiger partial charge in [0.05, 0.1) is 0 Å². The number of aromatic nitrogens is 3. The van der Waals surface area contributed by atoms with Crippen LogP contribution in [-0.4, -0.2) is 21.1 Å². The number of hydrogen-bond acceptors (Lipinski definition) is 6. The van der Waals surface area contributed by atoms with Crippen LogP contribution in [0.1, 0.15) is 16.1 Å². The molecule has 4 rings (SSSR count). The molecule has 4 aromatic rings. The zero-order chi connectivity index (χ0) is 18.6. The molecule has 8 heteroatoms. The Balaban J connectivity index is 1.43. The highest BCUT2D eigenvalue weighted by atomic mass is 32.2. The average molecular weight is 394 g/mol. The number of carbonyl (C=O) groups excluding carboxylic acids is 1. The number of rotatable bonds is 5. The number of pyridine rings is 1. The summed E-state index contributed by atoms with van der Waals surface area (Å²) in [6, 6.07) is 18.0. The van der Waals surface area contributed by atoms with E-state index in [1.54, 1.807) is 36.4 Å². The van der Waals surface area contributed by atoms with Crippen LogP contribution in [0.3, 0.4) is 0 Å². The van der Waals surface area contributed by atoms with Crippen molar-refractivity contribution in [3.63, 3.8) is 0 Å². The highest BCUT2D eigenvalue weighted by Crippen LogP contribution is 2.28. The molecule has 0 aliphatic rings. The van der Waals surface area contributed by atoms with Gasteiger partial charge in [0.1, 0.15) is 0 Å². The molecule has 0 aliphatic heterocycles. The molecule has 6 nitrogen and oxygen atoms in total. The van der Waals surface area contributed by atoms with E-state index in [9.17, 15) is 9.59 Å². The summed E-state index contributed by atoms with van der Waals surface area (Å²) in [6.07, 6.45) is 0. The maximum atomic E-state index is 12.2. The SMILES string of the molecule is O=C(Nc1nnc(SCc2cc(=O)c3ccccc3[nH]2)s1)c1ccccc1.